The maximum atomic E-state index is 5.68. The van der Waals surface area contributed by atoms with Crippen molar-refractivity contribution < 1.29 is 4.42 Å². The summed E-state index contributed by atoms with van der Waals surface area (Å²) < 4.78 is 5.68. The number of aryl methyl sites for hydroxylation is 1. The van der Waals surface area contributed by atoms with Gasteiger partial charge in [-0.25, -0.2) is 0 Å². The van der Waals surface area contributed by atoms with Crippen molar-refractivity contribution in [2.45, 2.75) is 25.9 Å². The summed E-state index contributed by atoms with van der Waals surface area (Å²) >= 11 is 0. The molecular formula is C16H20ClNO. The van der Waals surface area contributed by atoms with Crippen LogP contribution < -0.4 is 5.32 Å². The van der Waals surface area contributed by atoms with Crippen LogP contribution in [0.3, 0.4) is 0 Å². The van der Waals surface area contributed by atoms with E-state index in [4.69, 9.17) is 4.42 Å². The molecule has 19 heavy (non-hydrogen) atoms. The molecule has 0 saturated carbocycles. The molecule has 0 radical (unpaired) electrons. The molecule has 0 saturated heterocycles. The summed E-state index contributed by atoms with van der Waals surface area (Å²) in [5.74, 6) is 1.92. The van der Waals surface area contributed by atoms with Crippen molar-refractivity contribution in [3.05, 3.63) is 72.2 Å². The molecule has 0 amide bonds. The lowest BCUT2D eigenvalue weighted by molar-refractivity contribution is 0.400. The molecular weight excluding hydrogens is 258 g/mol. The molecule has 1 aromatic heterocycles. The Bertz CT molecular complexity index is 492. The fourth-order valence-corrected chi connectivity index (χ4v) is 1.94. The molecule has 0 fully saturated rings. The van der Waals surface area contributed by atoms with Gasteiger partial charge in [0.2, 0.25) is 0 Å². The van der Waals surface area contributed by atoms with E-state index in [9.17, 15) is 0 Å². The average molecular weight is 278 g/mol. The summed E-state index contributed by atoms with van der Waals surface area (Å²) in [5, 5.41) is 3.50. The number of benzene rings is 1. The molecule has 102 valence electrons. The minimum absolute atomic E-state index is 0. The first-order valence-corrected chi connectivity index (χ1v) is 6.24. The van der Waals surface area contributed by atoms with Crippen molar-refractivity contribution in [1.29, 1.82) is 0 Å². The molecule has 2 nitrogen and oxygen atoms in total. The van der Waals surface area contributed by atoms with Crippen LogP contribution in [0.15, 0.2) is 59.5 Å². The molecule has 1 atom stereocenters. The zero-order valence-electron chi connectivity index (χ0n) is 11.1. The van der Waals surface area contributed by atoms with Gasteiger partial charge >= 0.3 is 0 Å². The lowest BCUT2D eigenvalue weighted by Crippen LogP contribution is -2.19. The van der Waals surface area contributed by atoms with Crippen molar-refractivity contribution in [2.24, 2.45) is 0 Å². The molecule has 1 aromatic carbocycles. The molecule has 2 aromatic rings. The van der Waals surface area contributed by atoms with Gasteiger partial charge in [-0.15, -0.1) is 19.0 Å². The maximum absolute atomic E-state index is 5.68. The number of hydrogen-bond acceptors (Lipinski definition) is 2. The van der Waals surface area contributed by atoms with Crippen LogP contribution in [0.2, 0.25) is 0 Å². The van der Waals surface area contributed by atoms with E-state index in [-0.39, 0.29) is 18.4 Å². The Morgan fingerprint density at radius 3 is 2.53 bits per heavy atom. The van der Waals surface area contributed by atoms with Gasteiger partial charge in [0.05, 0.1) is 6.04 Å². The minimum Gasteiger partial charge on any atom is -0.465 e. The topological polar surface area (TPSA) is 25.2 Å². The van der Waals surface area contributed by atoms with Gasteiger partial charge in [-0.3, -0.25) is 0 Å². The van der Waals surface area contributed by atoms with Crippen LogP contribution in [0.4, 0.5) is 0 Å². The van der Waals surface area contributed by atoms with Gasteiger partial charge in [-0.1, -0.05) is 36.4 Å². The van der Waals surface area contributed by atoms with Gasteiger partial charge in [0.15, 0.2) is 0 Å². The quantitative estimate of drug-likeness (QED) is 0.791. The number of hydrogen-bond donors (Lipinski definition) is 1. The van der Waals surface area contributed by atoms with Crippen LogP contribution in [0.1, 0.15) is 29.5 Å². The van der Waals surface area contributed by atoms with E-state index in [0.717, 1.165) is 24.5 Å². The summed E-state index contributed by atoms with van der Waals surface area (Å²) in [6.07, 6.45) is 2.78. The molecule has 0 aliphatic heterocycles. The summed E-state index contributed by atoms with van der Waals surface area (Å²) in [6, 6.07) is 14.6. The van der Waals surface area contributed by atoms with E-state index in [1.807, 2.05) is 31.2 Å². The standard InChI is InChI=1S/C16H19NO.ClH/c1-3-7-15(16-11-10-13(2)18-16)17-12-14-8-5-4-6-9-14;/h3-6,8-11,15,17H,1,7,12H2,2H3;1H. The van der Waals surface area contributed by atoms with Gasteiger partial charge in [-0.05, 0) is 31.0 Å². The zero-order chi connectivity index (χ0) is 12.8. The third-order valence-electron chi connectivity index (χ3n) is 2.90. The van der Waals surface area contributed by atoms with Crippen LogP contribution in [-0.4, -0.2) is 0 Å². The fraction of sp³-hybridized carbons (Fsp3) is 0.250. The molecule has 1 N–H and O–H groups in total. The van der Waals surface area contributed by atoms with E-state index < -0.39 is 0 Å². The molecule has 0 spiro atoms. The van der Waals surface area contributed by atoms with E-state index in [2.05, 4.69) is 36.2 Å². The van der Waals surface area contributed by atoms with Crippen molar-refractivity contribution in [1.82, 2.24) is 5.32 Å². The average Bonchev–Trinajstić information content (AvgIpc) is 2.82. The van der Waals surface area contributed by atoms with Crippen molar-refractivity contribution >= 4 is 12.4 Å². The van der Waals surface area contributed by atoms with E-state index in [1.54, 1.807) is 0 Å². The molecule has 0 aliphatic rings. The Balaban J connectivity index is 0.00000180. The minimum atomic E-state index is 0. The second-order valence-corrected chi connectivity index (χ2v) is 4.39. The van der Waals surface area contributed by atoms with Crippen LogP contribution in [0.25, 0.3) is 0 Å². The molecule has 0 bridgehead atoms. The van der Waals surface area contributed by atoms with E-state index >= 15 is 0 Å². The highest BCUT2D eigenvalue weighted by Gasteiger charge is 2.12. The normalized spacial score (nSPS) is 11.6. The van der Waals surface area contributed by atoms with Crippen LogP contribution in [0, 0.1) is 6.92 Å². The van der Waals surface area contributed by atoms with Crippen molar-refractivity contribution in [2.75, 3.05) is 0 Å². The second-order valence-electron chi connectivity index (χ2n) is 4.39. The Morgan fingerprint density at radius 1 is 1.21 bits per heavy atom. The molecule has 0 aliphatic carbocycles. The van der Waals surface area contributed by atoms with Gasteiger partial charge in [0, 0.05) is 6.54 Å². The molecule has 2 rings (SSSR count). The molecule has 1 heterocycles. The summed E-state index contributed by atoms with van der Waals surface area (Å²) in [4.78, 5) is 0. The first-order valence-electron chi connectivity index (χ1n) is 6.24. The van der Waals surface area contributed by atoms with Crippen molar-refractivity contribution in [3.63, 3.8) is 0 Å². The monoisotopic (exact) mass is 277 g/mol. The maximum Gasteiger partial charge on any atom is 0.121 e. The van der Waals surface area contributed by atoms with Crippen LogP contribution >= 0.6 is 12.4 Å². The highest BCUT2D eigenvalue weighted by molar-refractivity contribution is 5.85. The summed E-state index contributed by atoms with van der Waals surface area (Å²) in [7, 11) is 0. The molecule has 3 heteroatoms. The van der Waals surface area contributed by atoms with Gasteiger partial charge in [-0.2, -0.15) is 0 Å². The van der Waals surface area contributed by atoms with Crippen molar-refractivity contribution in [3.8, 4) is 0 Å². The Morgan fingerprint density at radius 2 is 1.95 bits per heavy atom. The Kier molecular flexibility index (Phi) is 6.40. The summed E-state index contributed by atoms with van der Waals surface area (Å²) in [5.41, 5.74) is 1.27. The highest BCUT2D eigenvalue weighted by atomic mass is 35.5. The lowest BCUT2D eigenvalue weighted by atomic mass is 10.1. The first kappa shape index (κ1) is 15.5. The van der Waals surface area contributed by atoms with Crippen LogP contribution in [0.5, 0.6) is 0 Å². The number of nitrogens with one attached hydrogen (secondary N) is 1. The predicted molar refractivity (Wildman–Crippen MR) is 81.5 cm³/mol. The fourth-order valence-electron chi connectivity index (χ4n) is 1.94. The predicted octanol–water partition coefficient (Wildman–Crippen LogP) is 4.42. The van der Waals surface area contributed by atoms with Gasteiger partial charge in [0.1, 0.15) is 11.5 Å². The Hall–Kier alpha value is -1.51. The lowest BCUT2D eigenvalue weighted by Gasteiger charge is -2.15. The Labute approximate surface area is 120 Å². The first-order chi connectivity index (χ1) is 8.79. The largest absolute Gasteiger partial charge is 0.465 e. The number of halogens is 1. The van der Waals surface area contributed by atoms with Gasteiger partial charge in [0.25, 0.3) is 0 Å². The molecule has 1 unspecified atom stereocenters. The third kappa shape index (κ3) is 4.58. The van der Waals surface area contributed by atoms with Crippen LogP contribution in [-0.2, 0) is 6.54 Å². The SMILES string of the molecule is C=CCC(NCc1ccccc1)c1ccc(C)o1.Cl. The number of rotatable bonds is 6. The van der Waals surface area contributed by atoms with Gasteiger partial charge < -0.3 is 9.73 Å². The number of furan rings is 1. The van der Waals surface area contributed by atoms with E-state index in [0.29, 0.717) is 0 Å². The zero-order valence-corrected chi connectivity index (χ0v) is 12.0. The third-order valence-corrected chi connectivity index (χ3v) is 2.90. The van der Waals surface area contributed by atoms with E-state index in [1.165, 1.54) is 5.56 Å². The second kappa shape index (κ2) is 7.82. The highest BCUT2D eigenvalue weighted by Crippen LogP contribution is 2.20. The summed E-state index contributed by atoms with van der Waals surface area (Å²) in [6.45, 7) is 6.60. The smallest absolute Gasteiger partial charge is 0.121 e.